The van der Waals surface area contributed by atoms with Crippen LogP contribution in [0.2, 0.25) is 0 Å². The molecule has 1 aliphatic carbocycles. The molecule has 0 saturated heterocycles. The van der Waals surface area contributed by atoms with Gasteiger partial charge in [0, 0.05) is 6.54 Å². The minimum atomic E-state index is -0.171. The van der Waals surface area contributed by atoms with Crippen LogP contribution in [0, 0.1) is 0 Å². The van der Waals surface area contributed by atoms with Crippen molar-refractivity contribution in [3.63, 3.8) is 0 Å². The number of fused-ring (bicyclic) bond motifs is 1. The summed E-state index contributed by atoms with van der Waals surface area (Å²) >= 11 is 0. The maximum Gasteiger partial charge on any atom is 0.314 e. The fraction of sp³-hybridized carbons (Fsp3) is 0.375. The van der Waals surface area contributed by atoms with Gasteiger partial charge in [0.25, 0.3) is 0 Å². The average molecular weight is 270 g/mol. The number of methoxy groups -OCH3 is 1. The first-order valence-corrected chi connectivity index (χ1v) is 6.95. The third-order valence-electron chi connectivity index (χ3n) is 3.88. The molecule has 1 aromatic heterocycles. The quantitative estimate of drug-likeness (QED) is 0.805. The fourth-order valence-electron chi connectivity index (χ4n) is 2.92. The van der Waals surface area contributed by atoms with Gasteiger partial charge in [-0.05, 0) is 24.8 Å². The van der Waals surface area contributed by atoms with Crippen molar-refractivity contribution in [3.05, 3.63) is 53.6 Å². The zero-order valence-electron chi connectivity index (χ0n) is 11.6. The molecule has 1 heterocycles. The van der Waals surface area contributed by atoms with Gasteiger partial charge in [0.2, 0.25) is 0 Å². The van der Waals surface area contributed by atoms with E-state index >= 15 is 0 Å². The van der Waals surface area contributed by atoms with E-state index in [9.17, 15) is 4.79 Å². The lowest BCUT2D eigenvalue weighted by Crippen LogP contribution is -2.22. The number of benzene rings is 1. The number of carbonyl (C=O) groups is 1. The molecule has 1 aliphatic rings. The predicted octanol–water partition coefficient (Wildman–Crippen LogP) is 2.52. The summed E-state index contributed by atoms with van der Waals surface area (Å²) in [5.41, 5.74) is 3.29. The molecule has 20 heavy (non-hydrogen) atoms. The molecule has 0 N–H and O–H groups in total. The third-order valence-corrected chi connectivity index (χ3v) is 3.88. The van der Waals surface area contributed by atoms with Crippen molar-refractivity contribution in [2.75, 3.05) is 7.11 Å². The second-order valence-electron chi connectivity index (χ2n) is 5.16. The Morgan fingerprint density at radius 2 is 2.20 bits per heavy atom. The zero-order valence-corrected chi connectivity index (χ0v) is 11.6. The summed E-state index contributed by atoms with van der Waals surface area (Å²) < 4.78 is 7.03. The van der Waals surface area contributed by atoms with Crippen molar-refractivity contribution in [1.29, 1.82) is 0 Å². The zero-order chi connectivity index (χ0) is 13.9. The Hall–Kier alpha value is -2.10. The Morgan fingerprint density at radius 3 is 2.95 bits per heavy atom. The van der Waals surface area contributed by atoms with Crippen LogP contribution in [0.15, 0.2) is 36.7 Å². The number of carbonyl (C=O) groups excluding carboxylic acids is 1. The van der Waals surface area contributed by atoms with Gasteiger partial charge >= 0.3 is 5.97 Å². The molecule has 1 aromatic carbocycles. The number of hydrogen-bond acceptors (Lipinski definition) is 3. The lowest BCUT2D eigenvalue weighted by molar-refractivity contribution is -0.143. The minimum absolute atomic E-state index is 0.152. The number of esters is 1. The van der Waals surface area contributed by atoms with E-state index < -0.39 is 0 Å². The van der Waals surface area contributed by atoms with E-state index in [1.54, 1.807) is 0 Å². The second kappa shape index (κ2) is 5.49. The number of imidazole rings is 1. The van der Waals surface area contributed by atoms with Gasteiger partial charge in [-0.25, -0.2) is 4.98 Å². The lowest BCUT2D eigenvalue weighted by Gasteiger charge is -2.22. The molecule has 4 heteroatoms. The Morgan fingerprint density at radius 1 is 1.40 bits per heavy atom. The number of aryl methyl sites for hydroxylation is 1. The predicted molar refractivity (Wildman–Crippen MR) is 75.5 cm³/mol. The summed E-state index contributed by atoms with van der Waals surface area (Å²) in [5, 5.41) is 0. The first kappa shape index (κ1) is 12.9. The number of hydrogen-bond donors (Lipinski definition) is 0. The Labute approximate surface area is 118 Å². The highest BCUT2D eigenvalue weighted by atomic mass is 16.5. The van der Waals surface area contributed by atoms with Gasteiger partial charge in [-0.3, -0.25) is 4.79 Å². The SMILES string of the molecule is COC(=O)C1CCCc2ncn(Cc3ccccc3)c21. The fourth-order valence-corrected chi connectivity index (χ4v) is 2.92. The first-order chi connectivity index (χ1) is 9.79. The van der Waals surface area contributed by atoms with E-state index in [0.717, 1.165) is 37.2 Å². The Bertz CT molecular complexity index is 604. The summed E-state index contributed by atoms with van der Waals surface area (Å²) in [6, 6.07) is 10.2. The maximum atomic E-state index is 12.0. The van der Waals surface area contributed by atoms with E-state index in [1.165, 1.54) is 12.7 Å². The van der Waals surface area contributed by atoms with Gasteiger partial charge in [0.05, 0.1) is 30.7 Å². The van der Waals surface area contributed by atoms with Crippen LogP contribution >= 0.6 is 0 Å². The molecule has 2 aromatic rings. The van der Waals surface area contributed by atoms with Crippen molar-refractivity contribution >= 4 is 5.97 Å². The molecule has 104 valence electrons. The number of ether oxygens (including phenoxy) is 1. The summed E-state index contributed by atoms with van der Waals surface area (Å²) in [6.07, 6.45) is 4.64. The standard InChI is InChI=1S/C16H18N2O2/c1-20-16(19)13-8-5-9-14-15(13)18(11-17-14)10-12-6-3-2-4-7-12/h2-4,6-7,11,13H,5,8-10H2,1H3. The van der Waals surface area contributed by atoms with Gasteiger partial charge in [-0.2, -0.15) is 0 Å². The monoisotopic (exact) mass is 270 g/mol. The van der Waals surface area contributed by atoms with Gasteiger partial charge < -0.3 is 9.30 Å². The molecular formula is C16H18N2O2. The first-order valence-electron chi connectivity index (χ1n) is 6.95. The van der Waals surface area contributed by atoms with Crippen LogP contribution in [0.5, 0.6) is 0 Å². The van der Waals surface area contributed by atoms with Crippen molar-refractivity contribution in [1.82, 2.24) is 9.55 Å². The van der Waals surface area contributed by atoms with E-state index in [-0.39, 0.29) is 11.9 Å². The molecular weight excluding hydrogens is 252 g/mol. The number of nitrogens with zero attached hydrogens (tertiary/aromatic N) is 2. The highest BCUT2D eigenvalue weighted by molar-refractivity contribution is 5.78. The van der Waals surface area contributed by atoms with Crippen LogP contribution in [0.1, 0.15) is 35.7 Å². The van der Waals surface area contributed by atoms with E-state index in [2.05, 4.69) is 21.7 Å². The molecule has 0 amide bonds. The molecule has 3 rings (SSSR count). The lowest BCUT2D eigenvalue weighted by atomic mass is 9.89. The van der Waals surface area contributed by atoms with Gasteiger partial charge in [0.15, 0.2) is 0 Å². The molecule has 0 radical (unpaired) electrons. The Balaban J connectivity index is 1.94. The molecule has 1 unspecified atom stereocenters. The largest absolute Gasteiger partial charge is 0.469 e. The number of aromatic nitrogens is 2. The van der Waals surface area contributed by atoms with Gasteiger partial charge in [-0.15, -0.1) is 0 Å². The van der Waals surface area contributed by atoms with Crippen molar-refractivity contribution in [2.45, 2.75) is 31.7 Å². The number of rotatable bonds is 3. The molecule has 0 bridgehead atoms. The summed E-state index contributed by atoms with van der Waals surface area (Å²) in [5.74, 6) is -0.323. The molecule has 0 spiro atoms. The summed E-state index contributed by atoms with van der Waals surface area (Å²) in [7, 11) is 1.45. The molecule has 0 aliphatic heterocycles. The molecule has 0 saturated carbocycles. The van der Waals surface area contributed by atoms with E-state index in [4.69, 9.17) is 4.74 Å². The van der Waals surface area contributed by atoms with E-state index in [0.29, 0.717) is 0 Å². The highest BCUT2D eigenvalue weighted by Crippen LogP contribution is 2.32. The van der Waals surface area contributed by atoms with Crippen LogP contribution in [0.25, 0.3) is 0 Å². The van der Waals surface area contributed by atoms with Crippen molar-refractivity contribution in [3.8, 4) is 0 Å². The highest BCUT2D eigenvalue weighted by Gasteiger charge is 2.31. The molecule has 1 atom stereocenters. The Kier molecular flexibility index (Phi) is 3.54. The summed E-state index contributed by atoms with van der Waals surface area (Å²) in [4.78, 5) is 16.4. The second-order valence-corrected chi connectivity index (χ2v) is 5.16. The smallest absolute Gasteiger partial charge is 0.314 e. The van der Waals surface area contributed by atoms with Crippen molar-refractivity contribution < 1.29 is 9.53 Å². The minimum Gasteiger partial charge on any atom is -0.469 e. The summed E-state index contributed by atoms with van der Waals surface area (Å²) in [6.45, 7) is 0.747. The van der Waals surface area contributed by atoms with E-state index in [1.807, 2.05) is 24.5 Å². The molecule has 0 fully saturated rings. The van der Waals surface area contributed by atoms with Gasteiger partial charge in [-0.1, -0.05) is 30.3 Å². The van der Waals surface area contributed by atoms with Crippen LogP contribution in [0.3, 0.4) is 0 Å². The topological polar surface area (TPSA) is 44.1 Å². The van der Waals surface area contributed by atoms with Gasteiger partial charge in [0.1, 0.15) is 0 Å². The van der Waals surface area contributed by atoms with Crippen LogP contribution < -0.4 is 0 Å². The molecule has 4 nitrogen and oxygen atoms in total. The van der Waals surface area contributed by atoms with Crippen molar-refractivity contribution in [2.24, 2.45) is 0 Å². The van der Waals surface area contributed by atoms with Crippen LogP contribution in [0.4, 0.5) is 0 Å². The normalized spacial score (nSPS) is 17.6. The average Bonchev–Trinajstić information content (AvgIpc) is 2.91. The van der Waals surface area contributed by atoms with Crippen LogP contribution in [-0.2, 0) is 22.5 Å². The maximum absolute atomic E-state index is 12.0. The van der Waals surface area contributed by atoms with Crippen LogP contribution in [-0.4, -0.2) is 22.6 Å². The third kappa shape index (κ3) is 2.33.